The van der Waals surface area contributed by atoms with E-state index in [1.54, 1.807) is 6.92 Å². The predicted molar refractivity (Wildman–Crippen MR) is 46.4 cm³/mol. The third-order valence-corrected chi connectivity index (χ3v) is 1.88. The van der Waals surface area contributed by atoms with Gasteiger partial charge in [0.2, 0.25) is 0 Å². The van der Waals surface area contributed by atoms with Crippen molar-refractivity contribution in [1.82, 2.24) is 0 Å². The van der Waals surface area contributed by atoms with E-state index in [9.17, 15) is 4.79 Å². The number of carbonyl (C=O) groups is 1. The third kappa shape index (κ3) is 2.97. The molecule has 0 spiro atoms. The van der Waals surface area contributed by atoms with Gasteiger partial charge in [0.1, 0.15) is 6.10 Å². The summed E-state index contributed by atoms with van der Waals surface area (Å²) in [4.78, 5) is 11.3. The fourth-order valence-corrected chi connectivity index (χ4v) is 1.08. The maximum atomic E-state index is 11.3. The van der Waals surface area contributed by atoms with E-state index in [0.717, 1.165) is 0 Å². The molecule has 4 nitrogen and oxygen atoms in total. The highest BCUT2D eigenvalue weighted by molar-refractivity contribution is 5.74. The monoisotopic (exact) mass is 188 g/mol. The highest BCUT2D eigenvalue weighted by atomic mass is 16.6. The van der Waals surface area contributed by atoms with E-state index in [1.165, 1.54) is 0 Å². The van der Waals surface area contributed by atoms with Crippen LogP contribution in [0, 0.1) is 0 Å². The van der Waals surface area contributed by atoms with Crippen LogP contribution in [0.2, 0.25) is 0 Å². The molecule has 0 aliphatic carbocycles. The summed E-state index contributed by atoms with van der Waals surface area (Å²) in [5, 5.41) is 0. The van der Waals surface area contributed by atoms with E-state index in [-0.39, 0.29) is 12.1 Å². The van der Waals surface area contributed by atoms with Crippen molar-refractivity contribution in [3.05, 3.63) is 0 Å². The molecule has 0 aromatic carbocycles. The topological polar surface area (TPSA) is 44.8 Å². The number of esters is 1. The molecule has 0 amide bonds. The summed E-state index contributed by atoms with van der Waals surface area (Å²) in [6.07, 6.45) is 0.304. The Kier molecular flexibility index (Phi) is 4.18. The van der Waals surface area contributed by atoms with Crippen LogP contribution in [0.25, 0.3) is 0 Å². The van der Waals surface area contributed by atoms with Gasteiger partial charge in [-0.3, -0.25) is 0 Å². The first-order valence-electron chi connectivity index (χ1n) is 4.67. The molecule has 0 aromatic rings. The lowest BCUT2D eigenvalue weighted by Crippen LogP contribution is -2.41. The van der Waals surface area contributed by atoms with Crippen LogP contribution >= 0.6 is 0 Å². The molecule has 0 N–H and O–H groups in total. The quantitative estimate of drug-likeness (QED) is 0.597. The van der Waals surface area contributed by atoms with Crippen LogP contribution in [0.5, 0.6) is 0 Å². The SMILES string of the molecule is CCOC(=O)C(CC)OC1COC1. The molecule has 1 aliphatic rings. The van der Waals surface area contributed by atoms with Crippen LogP contribution in [-0.4, -0.2) is 38.0 Å². The number of hydrogen-bond acceptors (Lipinski definition) is 4. The van der Waals surface area contributed by atoms with Crippen LogP contribution in [0.4, 0.5) is 0 Å². The van der Waals surface area contributed by atoms with Gasteiger partial charge in [0.25, 0.3) is 0 Å². The zero-order chi connectivity index (χ0) is 9.68. The molecule has 76 valence electrons. The van der Waals surface area contributed by atoms with Gasteiger partial charge in [-0.05, 0) is 13.3 Å². The van der Waals surface area contributed by atoms with Gasteiger partial charge in [0.05, 0.1) is 19.8 Å². The summed E-state index contributed by atoms with van der Waals surface area (Å²) in [7, 11) is 0. The van der Waals surface area contributed by atoms with Crippen molar-refractivity contribution in [3.8, 4) is 0 Å². The van der Waals surface area contributed by atoms with E-state index in [0.29, 0.717) is 26.2 Å². The lowest BCUT2D eigenvalue weighted by Gasteiger charge is -2.29. The minimum Gasteiger partial charge on any atom is -0.464 e. The molecule has 1 atom stereocenters. The van der Waals surface area contributed by atoms with Crippen molar-refractivity contribution in [1.29, 1.82) is 0 Å². The van der Waals surface area contributed by atoms with E-state index < -0.39 is 6.10 Å². The van der Waals surface area contributed by atoms with Crippen LogP contribution in [-0.2, 0) is 19.0 Å². The predicted octanol–water partition coefficient (Wildman–Crippen LogP) is 0.743. The Bertz CT molecular complexity index is 165. The highest BCUT2D eigenvalue weighted by Crippen LogP contribution is 2.11. The Morgan fingerprint density at radius 3 is 2.62 bits per heavy atom. The largest absolute Gasteiger partial charge is 0.464 e. The Morgan fingerprint density at radius 2 is 2.23 bits per heavy atom. The third-order valence-electron chi connectivity index (χ3n) is 1.88. The van der Waals surface area contributed by atoms with Crippen molar-refractivity contribution in [3.63, 3.8) is 0 Å². The number of hydrogen-bond donors (Lipinski definition) is 0. The lowest BCUT2D eigenvalue weighted by atomic mass is 10.2. The molecule has 1 rings (SSSR count). The average Bonchev–Trinajstić information content (AvgIpc) is 2.03. The molecule has 1 heterocycles. The van der Waals surface area contributed by atoms with Crippen LogP contribution < -0.4 is 0 Å². The van der Waals surface area contributed by atoms with Crippen molar-refractivity contribution in [2.75, 3.05) is 19.8 Å². The van der Waals surface area contributed by atoms with Gasteiger partial charge < -0.3 is 14.2 Å². The first-order chi connectivity index (χ1) is 6.27. The van der Waals surface area contributed by atoms with Crippen LogP contribution in [0.3, 0.4) is 0 Å². The molecular weight excluding hydrogens is 172 g/mol. The minimum atomic E-state index is -0.422. The molecule has 1 fully saturated rings. The summed E-state index contributed by atoms with van der Waals surface area (Å²) in [6.45, 7) is 5.28. The van der Waals surface area contributed by atoms with Crippen molar-refractivity contribution in [2.45, 2.75) is 32.5 Å². The number of rotatable bonds is 5. The van der Waals surface area contributed by atoms with Gasteiger partial charge in [-0.2, -0.15) is 0 Å². The zero-order valence-electron chi connectivity index (χ0n) is 8.12. The Labute approximate surface area is 78.2 Å². The Hall–Kier alpha value is -0.610. The summed E-state index contributed by atoms with van der Waals surface area (Å²) in [6, 6.07) is 0. The van der Waals surface area contributed by atoms with E-state index in [1.807, 2.05) is 6.92 Å². The highest BCUT2D eigenvalue weighted by Gasteiger charge is 2.27. The van der Waals surface area contributed by atoms with Crippen molar-refractivity contribution < 1.29 is 19.0 Å². The maximum Gasteiger partial charge on any atom is 0.335 e. The molecule has 4 heteroatoms. The number of carbonyl (C=O) groups excluding carboxylic acids is 1. The van der Waals surface area contributed by atoms with Gasteiger partial charge in [0.15, 0.2) is 6.10 Å². The molecule has 0 bridgehead atoms. The fraction of sp³-hybridized carbons (Fsp3) is 0.889. The van der Waals surface area contributed by atoms with Crippen molar-refractivity contribution in [2.24, 2.45) is 0 Å². The molecule has 0 radical (unpaired) electrons. The van der Waals surface area contributed by atoms with Gasteiger partial charge in [-0.25, -0.2) is 4.79 Å². The Balaban J connectivity index is 2.27. The van der Waals surface area contributed by atoms with Gasteiger partial charge in [0, 0.05) is 0 Å². The zero-order valence-corrected chi connectivity index (χ0v) is 8.12. The maximum absolute atomic E-state index is 11.3. The Morgan fingerprint density at radius 1 is 1.54 bits per heavy atom. The normalized spacial score (nSPS) is 19.2. The van der Waals surface area contributed by atoms with Crippen LogP contribution in [0.15, 0.2) is 0 Å². The summed E-state index contributed by atoms with van der Waals surface area (Å²) in [5.41, 5.74) is 0. The van der Waals surface area contributed by atoms with Gasteiger partial charge in [-0.1, -0.05) is 6.92 Å². The second-order valence-electron chi connectivity index (χ2n) is 2.94. The van der Waals surface area contributed by atoms with Gasteiger partial charge >= 0.3 is 5.97 Å². The second-order valence-corrected chi connectivity index (χ2v) is 2.94. The standard InChI is InChI=1S/C9H16O4/c1-3-8(9(10)12-4-2)13-7-5-11-6-7/h7-8H,3-6H2,1-2H3. The van der Waals surface area contributed by atoms with E-state index >= 15 is 0 Å². The second kappa shape index (κ2) is 5.19. The summed E-state index contributed by atoms with van der Waals surface area (Å²) >= 11 is 0. The van der Waals surface area contributed by atoms with E-state index in [4.69, 9.17) is 14.2 Å². The molecule has 13 heavy (non-hydrogen) atoms. The molecule has 0 saturated carbocycles. The van der Waals surface area contributed by atoms with Crippen LogP contribution in [0.1, 0.15) is 20.3 Å². The fourth-order valence-electron chi connectivity index (χ4n) is 1.08. The van der Waals surface area contributed by atoms with Crippen molar-refractivity contribution >= 4 is 5.97 Å². The minimum absolute atomic E-state index is 0.0781. The molecular formula is C9H16O4. The lowest BCUT2D eigenvalue weighted by molar-refractivity contribution is -0.183. The summed E-state index contributed by atoms with van der Waals surface area (Å²) < 4.78 is 15.3. The first kappa shape index (κ1) is 10.5. The summed E-state index contributed by atoms with van der Waals surface area (Å²) in [5.74, 6) is -0.267. The molecule has 0 aromatic heterocycles. The molecule has 1 saturated heterocycles. The molecule has 1 unspecified atom stereocenters. The first-order valence-corrected chi connectivity index (χ1v) is 4.67. The average molecular weight is 188 g/mol. The molecule has 1 aliphatic heterocycles. The van der Waals surface area contributed by atoms with E-state index in [2.05, 4.69) is 0 Å². The van der Waals surface area contributed by atoms with Gasteiger partial charge in [-0.15, -0.1) is 0 Å². The number of ether oxygens (including phenoxy) is 3. The smallest absolute Gasteiger partial charge is 0.335 e.